The van der Waals surface area contributed by atoms with E-state index in [-0.39, 0.29) is 6.42 Å². The van der Waals surface area contributed by atoms with Gasteiger partial charge >= 0.3 is 0 Å². The summed E-state index contributed by atoms with van der Waals surface area (Å²) in [5, 5.41) is 0. The fourth-order valence-electron chi connectivity index (χ4n) is 0.325. The maximum absolute atomic E-state index is 10.3. The van der Waals surface area contributed by atoms with E-state index >= 15 is 0 Å². The van der Waals surface area contributed by atoms with E-state index in [1.54, 1.807) is 0 Å². The average molecular weight is 148 g/mol. The molecule has 0 atom stereocenters. The molecule has 0 rings (SSSR count). The SMILES string of the molecule is O=C=NC(=O)CCCCl. The Kier molecular flexibility index (Phi) is 5.07. The van der Waals surface area contributed by atoms with Crippen molar-refractivity contribution >= 4 is 23.6 Å². The number of aliphatic imine (C=N–C) groups is 1. The number of amides is 1. The standard InChI is InChI=1S/C5H6ClNO2/c6-3-1-2-5(9)7-4-8/h1-3H2. The predicted octanol–water partition coefficient (Wildman–Crippen LogP) is 0.868. The van der Waals surface area contributed by atoms with E-state index in [4.69, 9.17) is 11.6 Å². The Balaban J connectivity index is 3.39. The Labute approximate surface area is 57.7 Å². The Morgan fingerprint density at radius 3 is 2.78 bits per heavy atom. The Hall–Kier alpha value is -0.660. The van der Waals surface area contributed by atoms with Crippen LogP contribution in [0.2, 0.25) is 0 Å². The van der Waals surface area contributed by atoms with Crippen molar-refractivity contribution in [2.75, 3.05) is 5.88 Å². The van der Waals surface area contributed by atoms with Crippen molar-refractivity contribution in [3.05, 3.63) is 0 Å². The first-order chi connectivity index (χ1) is 4.31. The minimum Gasteiger partial charge on any atom is -0.272 e. The lowest BCUT2D eigenvalue weighted by molar-refractivity contribution is -0.117. The Morgan fingerprint density at radius 1 is 1.67 bits per heavy atom. The summed E-state index contributed by atoms with van der Waals surface area (Å²) in [6.07, 6.45) is 1.95. The molecule has 9 heavy (non-hydrogen) atoms. The second kappa shape index (κ2) is 5.48. The number of alkyl halides is 1. The summed E-state index contributed by atoms with van der Waals surface area (Å²) in [5.41, 5.74) is 0. The van der Waals surface area contributed by atoms with Crippen molar-refractivity contribution in [1.82, 2.24) is 0 Å². The van der Waals surface area contributed by atoms with Gasteiger partial charge in [-0.15, -0.1) is 16.6 Å². The van der Waals surface area contributed by atoms with Crippen LogP contribution in [0, 0.1) is 0 Å². The molecular formula is C5H6ClNO2. The largest absolute Gasteiger partial charge is 0.272 e. The third kappa shape index (κ3) is 5.21. The van der Waals surface area contributed by atoms with Gasteiger partial charge < -0.3 is 0 Å². The molecule has 0 fully saturated rings. The molecule has 0 heterocycles. The second-order valence-corrected chi connectivity index (χ2v) is 1.77. The molecule has 0 spiro atoms. The molecule has 4 heteroatoms. The third-order valence-corrected chi connectivity index (χ3v) is 0.962. The van der Waals surface area contributed by atoms with Crippen molar-refractivity contribution in [2.45, 2.75) is 12.8 Å². The van der Waals surface area contributed by atoms with Gasteiger partial charge in [0.1, 0.15) is 0 Å². The molecule has 0 aliphatic carbocycles. The van der Waals surface area contributed by atoms with Gasteiger partial charge in [-0.3, -0.25) is 4.79 Å². The van der Waals surface area contributed by atoms with Crippen molar-refractivity contribution in [2.24, 2.45) is 4.99 Å². The maximum atomic E-state index is 10.3. The van der Waals surface area contributed by atoms with Crippen LogP contribution in [-0.4, -0.2) is 17.9 Å². The highest BCUT2D eigenvalue weighted by atomic mass is 35.5. The molecule has 1 amide bonds. The monoisotopic (exact) mass is 147 g/mol. The zero-order valence-electron chi connectivity index (χ0n) is 4.76. The zero-order valence-corrected chi connectivity index (χ0v) is 5.52. The number of carbonyl (C=O) groups is 1. The molecule has 0 saturated heterocycles. The van der Waals surface area contributed by atoms with Gasteiger partial charge in [-0.05, 0) is 6.42 Å². The van der Waals surface area contributed by atoms with Crippen LogP contribution in [0.1, 0.15) is 12.8 Å². The third-order valence-electron chi connectivity index (χ3n) is 0.695. The molecule has 0 aromatic rings. The highest BCUT2D eigenvalue weighted by Gasteiger charge is 1.95. The normalized spacial score (nSPS) is 8.11. The van der Waals surface area contributed by atoms with Crippen LogP contribution in [0.25, 0.3) is 0 Å². The van der Waals surface area contributed by atoms with Gasteiger partial charge in [-0.1, -0.05) is 0 Å². The highest BCUT2D eigenvalue weighted by molar-refractivity contribution is 6.17. The summed E-state index contributed by atoms with van der Waals surface area (Å²) in [6, 6.07) is 0. The first kappa shape index (κ1) is 8.34. The molecule has 3 nitrogen and oxygen atoms in total. The molecule has 0 unspecified atom stereocenters. The zero-order chi connectivity index (χ0) is 7.11. The van der Waals surface area contributed by atoms with E-state index < -0.39 is 5.91 Å². The number of hydrogen-bond donors (Lipinski definition) is 0. The van der Waals surface area contributed by atoms with E-state index in [2.05, 4.69) is 4.99 Å². The number of carbonyl (C=O) groups excluding carboxylic acids is 2. The molecule has 0 aromatic heterocycles. The van der Waals surface area contributed by atoms with Gasteiger partial charge in [-0.25, -0.2) is 4.79 Å². The fourth-order valence-corrected chi connectivity index (χ4v) is 0.458. The second-order valence-electron chi connectivity index (χ2n) is 1.39. The van der Waals surface area contributed by atoms with Gasteiger partial charge in [0.15, 0.2) is 0 Å². The van der Waals surface area contributed by atoms with Crippen molar-refractivity contribution < 1.29 is 9.59 Å². The van der Waals surface area contributed by atoms with E-state index in [9.17, 15) is 9.59 Å². The van der Waals surface area contributed by atoms with Crippen LogP contribution in [0.3, 0.4) is 0 Å². The van der Waals surface area contributed by atoms with Gasteiger partial charge in [0.25, 0.3) is 5.91 Å². The lowest BCUT2D eigenvalue weighted by Crippen LogP contribution is -1.91. The molecule has 50 valence electrons. The fraction of sp³-hybridized carbons (Fsp3) is 0.600. The Bertz CT molecular complexity index is 140. The first-order valence-electron chi connectivity index (χ1n) is 2.48. The van der Waals surface area contributed by atoms with Crippen LogP contribution in [0.4, 0.5) is 0 Å². The molecule has 0 aliphatic rings. The van der Waals surface area contributed by atoms with Crippen LogP contribution < -0.4 is 0 Å². The van der Waals surface area contributed by atoms with E-state index in [0.717, 1.165) is 6.08 Å². The van der Waals surface area contributed by atoms with Crippen LogP contribution in [0.15, 0.2) is 4.99 Å². The van der Waals surface area contributed by atoms with Crippen LogP contribution in [-0.2, 0) is 9.59 Å². The van der Waals surface area contributed by atoms with Gasteiger partial charge in [0, 0.05) is 12.3 Å². The topological polar surface area (TPSA) is 46.5 Å². The quantitative estimate of drug-likeness (QED) is 0.338. The molecular weight excluding hydrogens is 142 g/mol. The van der Waals surface area contributed by atoms with Crippen molar-refractivity contribution in [3.8, 4) is 0 Å². The number of rotatable bonds is 3. The molecule has 0 radical (unpaired) electrons. The average Bonchev–Trinajstić information content (AvgIpc) is 1.85. The number of hydrogen-bond acceptors (Lipinski definition) is 2. The minimum absolute atomic E-state index is 0.235. The van der Waals surface area contributed by atoms with E-state index in [1.165, 1.54) is 0 Å². The molecule has 0 bridgehead atoms. The number of halogens is 1. The smallest absolute Gasteiger partial charge is 0.256 e. The Morgan fingerprint density at radius 2 is 2.33 bits per heavy atom. The minimum atomic E-state index is -0.453. The van der Waals surface area contributed by atoms with Crippen LogP contribution in [0.5, 0.6) is 0 Å². The summed E-state index contributed by atoms with van der Waals surface area (Å²) in [6.45, 7) is 0. The van der Waals surface area contributed by atoms with Crippen LogP contribution >= 0.6 is 11.6 Å². The lowest BCUT2D eigenvalue weighted by Gasteiger charge is -1.85. The summed E-state index contributed by atoms with van der Waals surface area (Å²) in [4.78, 5) is 22.6. The van der Waals surface area contributed by atoms with Gasteiger partial charge in [0.05, 0.1) is 0 Å². The van der Waals surface area contributed by atoms with Gasteiger partial charge in [0.2, 0.25) is 6.08 Å². The lowest BCUT2D eigenvalue weighted by atomic mass is 10.3. The highest BCUT2D eigenvalue weighted by Crippen LogP contribution is 1.92. The number of nitrogens with zero attached hydrogens (tertiary/aromatic N) is 1. The molecule has 0 N–H and O–H groups in total. The summed E-state index contributed by atoms with van der Waals surface area (Å²) < 4.78 is 0. The predicted molar refractivity (Wildman–Crippen MR) is 33.1 cm³/mol. The summed E-state index contributed by atoms with van der Waals surface area (Å²) in [5.74, 6) is -0.0363. The van der Waals surface area contributed by atoms with Crippen molar-refractivity contribution in [3.63, 3.8) is 0 Å². The van der Waals surface area contributed by atoms with E-state index in [1.807, 2.05) is 0 Å². The van der Waals surface area contributed by atoms with Crippen molar-refractivity contribution in [1.29, 1.82) is 0 Å². The molecule has 0 aromatic carbocycles. The van der Waals surface area contributed by atoms with E-state index in [0.29, 0.717) is 12.3 Å². The first-order valence-corrected chi connectivity index (χ1v) is 3.01. The maximum Gasteiger partial charge on any atom is 0.256 e. The molecule has 0 saturated carbocycles. The van der Waals surface area contributed by atoms with Gasteiger partial charge in [-0.2, -0.15) is 0 Å². The summed E-state index contributed by atoms with van der Waals surface area (Å²) >= 11 is 5.25. The molecule has 0 aliphatic heterocycles. The summed E-state index contributed by atoms with van der Waals surface area (Å²) in [7, 11) is 0. The number of isocyanates is 1.